The number of nitrogens with zero attached hydrogens (tertiary/aromatic N) is 2. The molecule has 24 heavy (non-hydrogen) atoms. The van der Waals surface area contributed by atoms with Crippen molar-refractivity contribution in [3.05, 3.63) is 39.8 Å². The lowest BCUT2D eigenvalue weighted by molar-refractivity contribution is -0.131. The zero-order chi connectivity index (χ0) is 15.5. The first-order valence-electron chi connectivity index (χ1n) is 7.33. The summed E-state index contributed by atoms with van der Waals surface area (Å²) in [5.41, 5.74) is 1.94. The van der Waals surface area contributed by atoms with Gasteiger partial charge in [0.15, 0.2) is 0 Å². The van der Waals surface area contributed by atoms with E-state index in [-0.39, 0.29) is 30.7 Å². The second-order valence-corrected chi connectivity index (χ2v) is 7.30. The Hall–Kier alpha value is -0.660. The maximum absolute atomic E-state index is 12.4. The molecule has 0 aliphatic carbocycles. The fraction of sp³-hybridized carbons (Fsp3) is 0.375. The van der Waals surface area contributed by atoms with Gasteiger partial charge in [0.2, 0.25) is 5.91 Å². The first-order valence-corrected chi connectivity index (χ1v) is 9.00. The molecule has 8 heteroatoms. The number of rotatable bonds is 3. The topological polar surface area (TPSA) is 45.2 Å². The molecular weight excluding hydrogens is 433 g/mol. The summed E-state index contributed by atoms with van der Waals surface area (Å²) >= 11 is 5.06. The summed E-state index contributed by atoms with van der Waals surface area (Å²) in [4.78, 5) is 18.9. The van der Waals surface area contributed by atoms with Crippen molar-refractivity contribution in [2.24, 2.45) is 0 Å². The van der Waals surface area contributed by atoms with Gasteiger partial charge >= 0.3 is 0 Å². The van der Waals surface area contributed by atoms with Crippen molar-refractivity contribution in [3.63, 3.8) is 0 Å². The monoisotopic (exact) mass is 451 g/mol. The molecule has 1 atom stereocenters. The predicted molar refractivity (Wildman–Crippen MR) is 107 cm³/mol. The molecule has 0 spiro atoms. The van der Waals surface area contributed by atoms with Crippen LogP contribution in [-0.4, -0.2) is 41.5 Å². The van der Waals surface area contributed by atoms with Crippen LogP contribution in [0.3, 0.4) is 0 Å². The number of thiazole rings is 1. The van der Waals surface area contributed by atoms with Gasteiger partial charge in [0, 0.05) is 41.1 Å². The van der Waals surface area contributed by atoms with Crippen molar-refractivity contribution in [2.45, 2.75) is 19.4 Å². The van der Waals surface area contributed by atoms with E-state index in [2.05, 4.69) is 33.2 Å². The fourth-order valence-corrected chi connectivity index (χ4v) is 3.78. The third-order valence-corrected chi connectivity index (χ3v) is 5.11. The van der Waals surface area contributed by atoms with Crippen molar-refractivity contribution >= 4 is 58.0 Å². The Kier molecular flexibility index (Phi) is 8.67. The molecule has 0 radical (unpaired) electrons. The van der Waals surface area contributed by atoms with E-state index in [0.717, 1.165) is 40.4 Å². The number of aromatic nitrogens is 1. The highest BCUT2D eigenvalue weighted by Gasteiger charge is 2.21. The van der Waals surface area contributed by atoms with Crippen molar-refractivity contribution in [1.82, 2.24) is 15.2 Å². The van der Waals surface area contributed by atoms with Gasteiger partial charge < -0.3 is 10.2 Å². The highest BCUT2D eigenvalue weighted by Crippen LogP contribution is 2.26. The van der Waals surface area contributed by atoms with E-state index in [1.54, 1.807) is 11.3 Å². The summed E-state index contributed by atoms with van der Waals surface area (Å²) in [7, 11) is 0. The quantitative estimate of drug-likeness (QED) is 0.770. The van der Waals surface area contributed by atoms with Crippen LogP contribution in [-0.2, 0) is 11.2 Å². The second-order valence-electron chi connectivity index (χ2n) is 5.53. The molecular formula is C16H20BrCl2N3OS. The van der Waals surface area contributed by atoms with Crippen LogP contribution >= 0.6 is 52.1 Å². The Bertz CT molecular complexity index is 683. The number of halogens is 3. The first kappa shape index (κ1) is 21.4. The summed E-state index contributed by atoms with van der Waals surface area (Å²) in [5, 5.41) is 6.29. The van der Waals surface area contributed by atoms with Crippen molar-refractivity contribution in [3.8, 4) is 10.6 Å². The molecule has 2 aromatic rings. The molecule has 1 fully saturated rings. The number of piperazine rings is 1. The zero-order valence-corrected chi connectivity index (χ0v) is 17.2. The van der Waals surface area contributed by atoms with Gasteiger partial charge in [-0.2, -0.15) is 0 Å². The van der Waals surface area contributed by atoms with E-state index in [1.807, 2.05) is 34.5 Å². The number of hydrogen-bond acceptors (Lipinski definition) is 4. The van der Waals surface area contributed by atoms with Gasteiger partial charge in [0.25, 0.3) is 0 Å². The Morgan fingerprint density at radius 2 is 2.25 bits per heavy atom. The molecule has 3 rings (SSSR count). The van der Waals surface area contributed by atoms with Gasteiger partial charge in [-0.3, -0.25) is 4.79 Å². The van der Waals surface area contributed by atoms with Crippen molar-refractivity contribution in [1.29, 1.82) is 0 Å². The highest BCUT2D eigenvalue weighted by molar-refractivity contribution is 9.10. The minimum absolute atomic E-state index is 0. The molecule has 1 aliphatic rings. The third-order valence-electron chi connectivity index (χ3n) is 3.68. The Balaban J connectivity index is 0.00000144. The lowest BCUT2D eigenvalue weighted by atomic mass is 10.2. The van der Waals surface area contributed by atoms with Gasteiger partial charge in [-0.25, -0.2) is 4.98 Å². The predicted octanol–water partition coefficient (Wildman–Crippen LogP) is 3.78. The maximum Gasteiger partial charge on any atom is 0.228 e. The minimum atomic E-state index is 0. The third kappa shape index (κ3) is 5.43. The lowest BCUT2D eigenvalue weighted by Gasteiger charge is -2.31. The molecule has 0 bridgehead atoms. The van der Waals surface area contributed by atoms with Crippen LogP contribution in [0.2, 0.25) is 0 Å². The molecule has 0 saturated carbocycles. The van der Waals surface area contributed by atoms with Crippen LogP contribution in [0.5, 0.6) is 0 Å². The van der Waals surface area contributed by atoms with E-state index < -0.39 is 0 Å². The smallest absolute Gasteiger partial charge is 0.228 e. The molecule has 1 amide bonds. The zero-order valence-electron chi connectivity index (χ0n) is 13.2. The average Bonchev–Trinajstić information content (AvgIpc) is 2.96. The van der Waals surface area contributed by atoms with E-state index in [0.29, 0.717) is 12.5 Å². The Morgan fingerprint density at radius 1 is 1.46 bits per heavy atom. The molecule has 1 saturated heterocycles. The summed E-state index contributed by atoms with van der Waals surface area (Å²) in [6.07, 6.45) is 0.386. The largest absolute Gasteiger partial charge is 0.340 e. The minimum Gasteiger partial charge on any atom is -0.340 e. The van der Waals surface area contributed by atoms with E-state index in [4.69, 9.17) is 0 Å². The fourth-order valence-electron chi connectivity index (χ4n) is 2.57. The van der Waals surface area contributed by atoms with Gasteiger partial charge in [-0.15, -0.1) is 36.2 Å². The van der Waals surface area contributed by atoms with Crippen molar-refractivity contribution in [2.75, 3.05) is 19.6 Å². The summed E-state index contributed by atoms with van der Waals surface area (Å²) in [5.74, 6) is 0.166. The van der Waals surface area contributed by atoms with Crippen LogP contribution in [0.4, 0.5) is 0 Å². The first-order chi connectivity index (χ1) is 10.6. The molecule has 132 valence electrons. The SMILES string of the molecule is CC1CN(C(=O)Cc2csc(-c3cccc(Br)c3)n2)CCN1.Cl.Cl. The van der Waals surface area contributed by atoms with Crippen LogP contribution in [0.15, 0.2) is 34.1 Å². The number of amides is 1. The number of nitrogens with one attached hydrogen (secondary N) is 1. The summed E-state index contributed by atoms with van der Waals surface area (Å²) < 4.78 is 1.03. The molecule has 1 aromatic carbocycles. The van der Waals surface area contributed by atoms with Crippen molar-refractivity contribution < 1.29 is 4.79 Å². The number of benzene rings is 1. The Labute approximate surface area is 167 Å². The van der Waals surface area contributed by atoms with E-state index in [9.17, 15) is 4.79 Å². The Morgan fingerprint density at radius 3 is 2.96 bits per heavy atom. The number of carbonyl (C=O) groups excluding carboxylic acids is 1. The molecule has 1 unspecified atom stereocenters. The molecule has 2 heterocycles. The van der Waals surface area contributed by atoms with Crippen LogP contribution in [0.25, 0.3) is 10.6 Å². The van der Waals surface area contributed by atoms with Gasteiger partial charge in [-0.05, 0) is 19.1 Å². The molecule has 4 nitrogen and oxygen atoms in total. The van der Waals surface area contributed by atoms with Gasteiger partial charge in [-0.1, -0.05) is 28.1 Å². The van der Waals surface area contributed by atoms with Gasteiger partial charge in [0.05, 0.1) is 12.1 Å². The molecule has 1 N–H and O–H groups in total. The van der Waals surface area contributed by atoms with E-state index in [1.165, 1.54) is 0 Å². The van der Waals surface area contributed by atoms with E-state index >= 15 is 0 Å². The van der Waals surface area contributed by atoms with Crippen LogP contribution in [0, 0.1) is 0 Å². The summed E-state index contributed by atoms with van der Waals surface area (Å²) in [6.45, 7) is 4.54. The van der Waals surface area contributed by atoms with Crippen LogP contribution in [0.1, 0.15) is 12.6 Å². The molecule has 1 aliphatic heterocycles. The van der Waals surface area contributed by atoms with Crippen LogP contribution < -0.4 is 5.32 Å². The lowest BCUT2D eigenvalue weighted by Crippen LogP contribution is -2.51. The number of carbonyl (C=O) groups is 1. The maximum atomic E-state index is 12.4. The number of hydrogen-bond donors (Lipinski definition) is 1. The summed E-state index contributed by atoms with van der Waals surface area (Å²) in [6, 6.07) is 8.43. The normalized spacial score (nSPS) is 16.9. The highest BCUT2D eigenvalue weighted by atomic mass is 79.9. The average molecular weight is 453 g/mol. The molecule has 1 aromatic heterocycles. The second kappa shape index (κ2) is 9.73. The standard InChI is InChI=1S/C16H18BrN3OS.2ClH/c1-11-9-20(6-5-18-11)15(21)8-14-10-22-16(19-14)12-3-2-4-13(17)7-12;;/h2-4,7,10-11,18H,5-6,8-9H2,1H3;2*1H. The van der Waals surface area contributed by atoms with Gasteiger partial charge in [0.1, 0.15) is 5.01 Å².